The first-order chi connectivity index (χ1) is 14.5. The Morgan fingerprint density at radius 3 is 2.53 bits per heavy atom. The Morgan fingerprint density at radius 1 is 1.03 bits per heavy atom. The van der Waals surface area contributed by atoms with Gasteiger partial charge in [0.2, 0.25) is 0 Å². The number of piperazine rings is 1. The highest BCUT2D eigenvalue weighted by atomic mass is 32.1. The lowest BCUT2D eigenvalue weighted by molar-refractivity contribution is 0.153. The second-order valence-electron chi connectivity index (χ2n) is 8.66. The first-order valence-corrected chi connectivity index (χ1v) is 11.7. The highest BCUT2D eigenvalue weighted by Gasteiger charge is 2.30. The molecule has 6 nitrogen and oxygen atoms in total. The lowest BCUT2D eigenvalue weighted by atomic mass is 10.0. The average Bonchev–Trinajstić information content (AvgIpc) is 3.41. The first-order valence-electron chi connectivity index (χ1n) is 10.9. The maximum atomic E-state index is 4.48. The molecule has 3 heterocycles. The van der Waals surface area contributed by atoms with Crippen LogP contribution in [0.15, 0.2) is 35.7 Å². The largest absolute Gasteiger partial charge is 0.369 e. The topological polar surface area (TPSA) is 50.1 Å². The third-order valence-corrected chi connectivity index (χ3v) is 6.97. The molecule has 1 aromatic carbocycles. The summed E-state index contributed by atoms with van der Waals surface area (Å²) in [6, 6.07) is 11.1. The highest BCUT2D eigenvalue weighted by Crippen LogP contribution is 2.30. The van der Waals surface area contributed by atoms with E-state index in [2.05, 4.69) is 88.7 Å². The van der Waals surface area contributed by atoms with Crippen LogP contribution in [0.3, 0.4) is 0 Å². The molecule has 1 aliphatic rings. The second kappa shape index (κ2) is 9.27. The number of aryl methyl sites for hydroxylation is 1. The van der Waals surface area contributed by atoms with Gasteiger partial charge >= 0.3 is 0 Å². The number of thiophene rings is 1. The van der Waals surface area contributed by atoms with E-state index in [-0.39, 0.29) is 6.04 Å². The van der Waals surface area contributed by atoms with Crippen molar-refractivity contribution in [2.45, 2.75) is 46.7 Å². The standard InChI is InChI=1S/C23H32N6S/c1-17(2)15-22(23-24-25-26-29(23)16-20-8-6-14-30-20)28-12-10-27(11-13-28)21-9-5-7-18(3)19(21)4/h5-9,14,17,22H,10-13,15-16H2,1-4H3. The van der Waals surface area contributed by atoms with Gasteiger partial charge in [0.05, 0.1) is 12.6 Å². The molecule has 0 saturated carbocycles. The Morgan fingerprint density at radius 2 is 1.83 bits per heavy atom. The molecule has 3 aromatic rings. The van der Waals surface area contributed by atoms with Crippen molar-refractivity contribution in [1.82, 2.24) is 25.1 Å². The third kappa shape index (κ3) is 4.57. The summed E-state index contributed by atoms with van der Waals surface area (Å²) in [5, 5.41) is 15.0. The van der Waals surface area contributed by atoms with Gasteiger partial charge in [-0.05, 0) is 65.3 Å². The van der Waals surface area contributed by atoms with Crippen molar-refractivity contribution >= 4 is 17.0 Å². The fourth-order valence-corrected chi connectivity index (χ4v) is 5.02. The molecule has 2 aromatic heterocycles. The SMILES string of the molecule is Cc1cccc(N2CCN(C(CC(C)C)c3nnnn3Cc3cccs3)CC2)c1C. The molecule has 1 saturated heterocycles. The van der Waals surface area contributed by atoms with Crippen molar-refractivity contribution in [3.8, 4) is 0 Å². The van der Waals surface area contributed by atoms with Gasteiger partial charge in [-0.2, -0.15) is 0 Å². The number of tetrazole rings is 1. The Bertz CT molecular complexity index is 941. The number of benzene rings is 1. The van der Waals surface area contributed by atoms with E-state index >= 15 is 0 Å². The van der Waals surface area contributed by atoms with E-state index in [0.717, 1.165) is 45.0 Å². The lowest BCUT2D eigenvalue weighted by Crippen LogP contribution is -2.48. The van der Waals surface area contributed by atoms with Crippen LogP contribution in [0.2, 0.25) is 0 Å². The van der Waals surface area contributed by atoms with Gasteiger partial charge in [0.25, 0.3) is 0 Å². The predicted octanol–water partition coefficient (Wildman–Crippen LogP) is 4.31. The van der Waals surface area contributed by atoms with Crippen LogP contribution in [0.5, 0.6) is 0 Å². The van der Waals surface area contributed by atoms with Gasteiger partial charge in [-0.1, -0.05) is 32.0 Å². The molecule has 0 amide bonds. The number of hydrogen-bond acceptors (Lipinski definition) is 6. The van der Waals surface area contributed by atoms with Crippen molar-refractivity contribution in [1.29, 1.82) is 0 Å². The van der Waals surface area contributed by atoms with Gasteiger partial charge in [0.15, 0.2) is 5.82 Å². The van der Waals surface area contributed by atoms with Crippen molar-refractivity contribution in [3.05, 3.63) is 57.5 Å². The fourth-order valence-electron chi connectivity index (χ4n) is 4.33. The maximum absolute atomic E-state index is 4.48. The van der Waals surface area contributed by atoms with E-state index in [1.165, 1.54) is 21.7 Å². The minimum Gasteiger partial charge on any atom is -0.369 e. The number of nitrogens with zero attached hydrogens (tertiary/aromatic N) is 6. The molecule has 0 aliphatic carbocycles. The molecule has 0 spiro atoms. The monoisotopic (exact) mass is 424 g/mol. The zero-order chi connectivity index (χ0) is 21.1. The lowest BCUT2D eigenvalue weighted by Gasteiger charge is -2.40. The minimum absolute atomic E-state index is 0.251. The summed E-state index contributed by atoms with van der Waals surface area (Å²) in [5.74, 6) is 1.58. The molecular formula is C23H32N6S. The van der Waals surface area contributed by atoms with Crippen molar-refractivity contribution in [2.24, 2.45) is 5.92 Å². The van der Waals surface area contributed by atoms with Gasteiger partial charge in [0, 0.05) is 36.7 Å². The number of aromatic nitrogens is 4. The van der Waals surface area contributed by atoms with Gasteiger partial charge < -0.3 is 4.90 Å². The summed E-state index contributed by atoms with van der Waals surface area (Å²) in [6.45, 7) is 13.9. The van der Waals surface area contributed by atoms with Gasteiger partial charge in [-0.3, -0.25) is 4.90 Å². The molecule has 0 N–H and O–H groups in total. The van der Waals surface area contributed by atoms with Crippen molar-refractivity contribution in [2.75, 3.05) is 31.1 Å². The second-order valence-corrected chi connectivity index (χ2v) is 9.69. The quantitative estimate of drug-likeness (QED) is 0.566. The summed E-state index contributed by atoms with van der Waals surface area (Å²) < 4.78 is 2.00. The van der Waals surface area contributed by atoms with E-state index in [9.17, 15) is 0 Å². The van der Waals surface area contributed by atoms with Gasteiger partial charge in [-0.25, -0.2) is 4.68 Å². The average molecular weight is 425 g/mol. The Labute approximate surface area is 183 Å². The molecule has 1 unspecified atom stereocenters. The van der Waals surface area contributed by atoms with Crippen LogP contribution in [-0.4, -0.2) is 51.3 Å². The van der Waals surface area contributed by atoms with Crippen LogP contribution in [0.1, 0.15) is 48.1 Å². The molecule has 160 valence electrons. The molecule has 0 radical (unpaired) electrons. The number of rotatable bonds is 7. The highest BCUT2D eigenvalue weighted by molar-refractivity contribution is 7.09. The normalized spacial score (nSPS) is 16.4. The summed E-state index contributed by atoms with van der Waals surface area (Å²) >= 11 is 1.75. The zero-order valence-corrected chi connectivity index (χ0v) is 19.3. The van der Waals surface area contributed by atoms with E-state index in [1.807, 2.05) is 4.68 Å². The van der Waals surface area contributed by atoms with E-state index in [4.69, 9.17) is 0 Å². The Balaban J connectivity index is 1.51. The van der Waals surface area contributed by atoms with Crippen LogP contribution in [0, 0.1) is 19.8 Å². The molecule has 1 aliphatic heterocycles. The van der Waals surface area contributed by atoms with Gasteiger partial charge in [0.1, 0.15) is 0 Å². The summed E-state index contributed by atoms with van der Waals surface area (Å²) in [4.78, 5) is 6.39. The summed E-state index contributed by atoms with van der Waals surface area (Å²) in [7, 11) is 0. The van der Waals surface area contributed by atoms with Crippen LogP contribution in [0.4, 0.5) is 5.69 Å². The van der Waals surface area contributed by atoms with Crippen molar-refractivity contribution in [3.63, 3.8) is 0 Å². The Hall–Kier alpha value is -2.25. The minimum atomic E-state index is 0.251. The third-order valence-electron chi connectivity index (χ3n) is 6.11. The fraction of sp³-hybridized carbons (Fsp3) is 0.522. The van der Waals surface area contributed by atoms with Gasteiger partial charge in [-0.15, -0.1) is 16.4 Å². The van der Waals surface area contributed by atoms with E-state index in [1.54, 1.807) is 11.3 Å². The van der Waals surface area contributed by atoms with Crippen LogP contribution in [0.25, 0.3) is 0 Å². The molecule has 1 atom stereocenters. The van der Waals surface area contributed by atoms with E-state index in [0.29, 0.717) is 5.92 Å². The smallest absolute Gasteiger partial charge is 0.168 e. The zero-order valence-electron chi connectivity index (χ0n) is 18.5. The molecule has 4 rings (SSSR count). The molecule has 30 heavy (non-hydrogen) atoms. The van der Waals surface area contributed by atoms with Crippen LogP contribution >= 0.6 is 11.3 Å². The predicted molar refractivity (Wildman–Crippen MR) is 123 cm³/mol. The van der Waals surface area contributed by atoms with E-state index < -0.39 is 0 Å². The summed E-state index contributed by atoms with van der Waals surface area (Å²) in [5.41, 5.74) is 4.13. The molecule has 1 fully saturated rings. The first kappa shape index (κ1) is 21.0. The van der Waals surface area contributed by atoms with Crippen LogP contribution in [-0.2, 0) is 6.54 Å². The molecular weight excluding hydrogens is 392 g/mol. The van der Waals surface area contributed by atoms with Crippen molar-refractivity contribution < 1.29 is 0 Å². The molecule has 7 heteroatoms. The summed E-state index contributed by atoms with van der Waals surface area (Å²) in [6.07, 6.45) is 1.06. The Kier molecular flexibility index (Phi) is 6.49. The van der Waals surface area contributed by atoms with Crippen LogP contribution < -0.4 is 4.90 Å². The number of hydrogen-bond donors (Lipinski definition) is 0. The number of anilines is 1. The molecule has 0 bridgehead atoms. The maximum Gasteiger partial charge on any atom is 0.168 e.